The van der Waals surface area contributed by atoms with Crippen LogP contribution in [0.2, 0.25) is 0 Å². The Morgan fingerprint density at radius 1 is 1.58 bits per heavy atom. The van der Waals surface area contributed by atoms with Crippen molar-refractivity contribution in [1.29, 1.82) is 0 Å². The van der Waals surface area contributed by atoms with Gasteiger partial charge in [-0.1, -0.05) is 0 Å². The molecule has 1 heterocycles. The third kappa shape index (κ3) is 1.81. The number of nitro groups is 1. The van der Waals surface area contributed by atoms with Gasteiger partial charge < -0.3 is 0 Å². The number of aromatic nitrogens is 1. The van der Waals surface area contributed by atoms with E-state index in [1.165, 1.54) is 6.07 Å². The lowest BCUT2D eigenvalue weighted by Crippen LogP contribution is -1.94. The molecule has 0 spiro atoms. The lowest BCUT2D eigenvalue weighted by molar-refractivity contribution is -0.385. The molecule has 0 unspecified atom stereocenters. The second-order valence-electron chi connectivity index (χ2n) is 2.12. The molecule has 1 aromatic rings. The summed E-state index contributed by atoms with van der Waals surface area (Å²) in [6, 6.07) is 1.42. The maximum atomic E-state index is 10.4. The average molecular weight is 296 g/mol. The van der Waals surface area contributed by atoms with E-state index in [0.717, 1.165) is 0 Å². The molecule has 0 saturated heterocycles. The van der Waals surface area contributed by atoms with Crippen LogP contribution in [0.25, 0.3) is 0 Å². The summed E-state index contributed by atoms with van der Waals surface area (Å²) in [5.41, 5.74) is 0.417. The number of rotatable bonds is 1. The van der Waals surface area contributed by atoms with E-state index < -0.39 is 4.92 Å². The maximum absolute atomic E-state index is 10.4. The number of hydrogen-bond donors (Lipinski definition) is 0. The Morgan fingerprint density at radius 2 is 2.17 bits per heavy atom. The van der Waals surface area contributed by atoms with Gasteiger partial charge >= 0.3 is 0 Å². The monoisotopic (exact) mass is 294 g/mol. The third-order valence-electron chi connectivity index (χ3n) is 1.29. The normalized spacial score (nSPS) is 9.92. The van der Waals surface area contributed by atoms with Gasteiger partial charge in [0.1, 0.15) is 10.3 Å². The van der Waals surface area contributed by atoms with Crippen molar-refractivity contribution in [2.75, 3.05) is 0 Å². The quantitative estimate of drug-likeness (QED) is 0.455. The summed E-state index contributed by atoms with van der Waals surface area (Å²) in [5, 5.41) is 10.4. The number of hydrogen-bond acceptors (Lipinski definition) is 3. The van der Waals surface area contributed by atoms with Crippen LogP contribution in [-0.2, 0) is 0 Å². The molecule has 0 bridgehead atoms. The van der Waals surface area contributed by atoms with Gasteiger partial charge in [-0.2, -0.15) is 0 Å². The van der Waals surface area contributed by atoms with Gasteiger partial charge in [-0.15, -0.1) is 0 Å². The second-order valence-corrected chi connectivity index (χ2v) is 3.73. The van der Waals surface area contributed by atoms with Crippen LogP contribution < -0.4 is 0 Å². The highest BCUT2D eigenvalue weighted by atomic mass is 79.9. The Bertz CT molecular complexity index is 341. The molecular weight excluding hydrogens is 292 g/mol. The summed E-state index contributed by atoms with van der Waals surface area (Å²) in [4.78, 5) is 13.9. The standard InChI is InChI=1S/C6H4Br2N2O2/c1-3-5(10(11)12)2-4(7)6(8)9-3/h2H,1H3. The Balaban J connectivity index is 3.33. The summed E-state index contributed by atoms with van der Waals surface area (Å²) in [5.74, 6) is 0. The molecule has 6 heteroatoms. The molecule has 0 aromatic carbocycles. The van der Waals surface area contributed by atoms with Gasteiger partial charge in [0.15, 0.2) is 0 Å². The summed E-state index contributed by atoms with van der Waals surface area (Å²) >= 11 is 6.28. The lowest BCUT2D eigenvalue weighted by atomic mass is 10.3. The molecule has 0 fully saturated rings. The molecule has 0 atom stereocenters. The predicted molar refractivity (Wildman–Crippen MR) is 51.0 cm³/mol. The van der Waals surface area contributed by atoms with E-state index in [-0.39, 0.29) is 5.69 Å². The third-order valence-corrected chi connectivity index (χ3v) is 3.03. The van der Waals surface area contributed by atoms with Gasteiger partial charge in [0.05, 0.1) is 9.40 Å². The number of aryl methyl sites for hydroxylation is 1. The minimum Gasteiger partial charge on any atom is -0.258 e. The zero-order chi connectivity index (χ0) is 9.30. The Labute approximate surface area is 85.4 Å². The molecule has 1 aromatic heterocycles. The fourth-order valence-electron chi connectivity index (χ4n) is 0.727. The molecule has 12 heavy (non-hydrogen) atoms. The first-order chi connectivity index (χ1) is 5.52. The molecule has 64 valence electrons. The molecule has 0 amide bonds. The molecule has 0 aliphatic carbocycles. The van der Waals surface area contributed by atoms with Crippen molar-refractivity contribution >= 4 is 37.5 Å². The van der Waals surface area contributed by atoms with E-state index in [0.29, 0.717) is 14.8 Å². The SMILES string of the molecule is Cc1nc(Br)c(Br)cc1[N+](=O)[O-]. The van der Waals surface area contributed by atoms with E-state index in [1.54, 1.807) is 6.92 Å². The summed E-state index contributed by atoms with van der Waals surface area (Å²) in [6.45, 7) is 1.59. The van der Waals surface area contributed by atoms with Crippen molar-refractivity contribution in [2.45, 2.75) is 6.92 Å². The topological polar surface area (TPSA) is 56.0 Å². The smallest absolute Gasteiger partial charge is 0.258 e. The van der Waals surface area contributed by atoms with Crippen LogP contribution >= 0.6 is 31.9 Å². The van der Waals surface area contributed by atoms with Crippen LogP contribution in [-0.4, -0.2) is 9.91 Å². The van der Waals surface area contributed by atoms with Crippen molar-refractivity contribution < 1.29 is 4.92 Å². The van der Waals surface area contributed by atoms with E-state index in [4.69, 9.17) is 0 Å². The number of nitrogens with zero attached hydrogens (tertiary/aromatic N) is 2. The van der Waals surface area contributed by atoms with Crippen LogP contribution in [0.15, 0.2) is 15.1 Å². The highest BCUT2D eigenvalue weighted by Crippen LogP contribution is 2.27. The fourth-order valence-corrected chi connectivity index (χ4v) is 1.41. The van der Waals surface area contributed by atoms with Crippen molar-refractivity contribution in [2.24, 2.45) is 0 Å². The van der Waals surface area contributed by atoms with E-state index in [1.807, 2.05) is 0 Å². The molecule has 1 rings (SSSR count). The van der Waals surface area contributed by atoms with Crippen LogP contribution in [0.5, 0.6) is 0 Å². The fraction of sp³-hybridized carbons (Fsp3) is 0.167. The first-order valence-corrected chi connectivity index (χ1v) is 4.58. The zero-order valence-corrected chi connectivity index (χ0v) is 9.22. The van der Waals surface area contributed by atoms with Crippen molar-refractivity contribution in [3.63, 3.8) is 0 Å². The molecule has 0 aliphatic rings. The zero-order valence-electron chi connectivity index (χ0n) is 6.04. The van der Waals surface area contributed by atoms with Gasteiger partial charge in [0.2, 0.25) is 0 Å². The van der Waals surface area contributed by atoms with Crippen LogP contribution in [0, 0.1) is 17.0 Å². The van der Waals surface area contributed by atoms with Gasteiger partial charge in [-0.05, 0) is 38.8 Å². The average Bonchev–Trinajstić information content (AvgIpc) is 1.96. The van der Waals surface area contributed by atoms with Crippen LogP contribution in [0.1, 0.15) is 5.69 Å². The van der Waals surface area contributed by atoms with Gasteiger partial charge in [0, 0.05) is 6.07 Å². The highest BCUT2D eigenvalue weighted by molar-refractivity contribution is 9.13. The first kappa shape index (κ1) is 9.60. The predicted octanol–water partition coefficient (Wildman–Crippen LogP) is 2.82. The molecule has 0 aliphatic heterocycles. The second kappa shape index (κ2) is 3.49. The van der Waals surface area contributed by atoms with E-state index >= 15 is 0 Å². The highest BCUT2D eigenvalue weighted by Gasteiger charge is 2.13. The van der Waals surface area contributed by atoms with Crippen LogP contribution in [0.4, 0.5) is 5.69 Å². The largest absolute Gasteiger partial charge is 0.291 e. The van der Waals surface area contributed by atoms with E-state index in [2.05, 4.69) is 36.8 Å². The number of halogens is 2. The number of pyridine rings is 1. The lowest BCUT2D eigenvalue weighted by Gasteiger charge is -1.98. The summed E-state index contributed by atoms with van der Waals surface area (Å²) in [7, 11) is 0. The summed E-state index contributed by atoms with van der Waals surface area (Å²) < 4.78 is 1.16. The Kier molecular flexibility index (Phi) is 2.79. The van der Waals surface area contributed by atoms with Crippen molar-refractivity contribution in [3.05, 3.63) is 31.0 Å². The van der Waals surface area contributed by atoms with Gasteiger partial charge in [-0.25, -0.2) is 4.98 Å². The van der Waals surface area contributed by atoms with Gasteiger partial charge in [-0.3, -0.25) is 10.1 Å². The van der Waals surface area contributed by atoms with E-state index in [9.17, 15) is 10.1 Å². The molecule has 0 radical (unpaired) electrons. The molecule has 4 nitrogen and oxygen atoms in total. The molecular formula is C6H4Br2N2O2. The Morgan fingerprint density at radius 3 is 2.67 bits per heavy atom. The summed E-state index contributed by atoms with van der Waals surface area (Å²) in [6.07, 6.45) is 0. The minimum absolute atomic E-state index is 0.0186. The molecule has 0 N–H and O–H groups in total. The first-order valence-electron chi connectivity index (χ1n) is 2.99. The maximum Gasteiger partial charge on any atom is 0.291 e. The van der Waals surface area contributed by atoms with Crippen LogP contribution in [0.3, 0.4) is 0 Å². The minimum atomic E-state index is -0.459. The van der Waals surface area contributed by atoms with Crippen molar-refractivity contribution in [1.82, 2.24) is 4.98 Å². The van der Waals surface area contributed by atoms with Gasteiger partial charge in [0.25, 0.3) is 5.69 Å². The van der Waals surface area contributed by atoms with Crippen molar-refractivity contribution in [3.8, 4) is 0 Å². The Hall–Kier alpha value is -0.490. The molecule has 0 saturated carbocycles.